The van der Waals surface area contributed by atoms with E-state index in [1.54, 1.807) is 0 Å². The highest BCUT2D eigenvalue weighted by atomic mass is 35.5. The van der Waals surface area contributed by atoms with Gasteiger partial charge < -0.3 is 24.8 Å². The first-order valence-electron chi connectivity index (χ1n) is 10.9. The van der Waals surface area contributed by atoms with Gasteiger partial charge in [-0.2, -0.15) is 0 Å². The molecular formula is C25H31ClO5. The highest BCUT2D eigenvalue weighted by molar-refractivity contribution is 6.31. The maximum absolute atomic E-state index is 10.7. The second-order valence-corrected chi connectivity index (χ2v) is 9.53. The van der Waals surface area contributed by atoms with Gasteiger partial charge in [-0.25, -0.2) is 0 Å². The largest absolute Gasteiger partial charge is 0.394 e. The summed E-state index contributed by atoms with van der Waals surface area (Å²) < 4.78 is 11.8. The molecule has 2 aromatic carbocycles. The standard InChI is InChI=1S/C25H31ClO5/c1-13(2)16-6-4-15(5-7-16)8-17-9-19-18(10-20(17)26)12-30-25-22(19)14(3)23(28)24(29)21(11-27)31-25/h4-7,9-10,13-14,21-25,27-29H,8,11-12H2,1-3H3/t14-,21?,22?,23?,24+,25-/m0/s1. The fourth-order valence-corrected chi connectivity index (χ4v) is 4.97. The molecule has 4 rings (SSSR count). The van der Waals surface area contributed by atoms with Gasteiger partial charge in [-0.3, -0.25) is 0 Å². The lowest BCUT2D eigenvalue weighted by Gasteiger charge is -2.36. The molecule has 0 aliphatic carbocycles. The van der Waals surface area contributed by atoms with Crippen LogP contribution in [0.3, 0.4) is 0 Å². The Morgan fingerprint density at radius 3 is 2.45 bits per heavy atom. The van der Waals surface area contributed by atoms with Crippen molar-refractivity contribution in [2.24, 2.45) is 5.92 Å². The molecule has 3 N–H and O–H groups in total. The first-order chi connectivity index (χ1) is 14.8. The SMILES string of the molecule is CC(C)c1ccc(Cc2cc3c(cc2Cl)CO[C@H]2OC(CO)[C@@H](O)C(O)[C@@H](C)C32)cc1. The van der Waals surface area contributed by atoms with Crippen LogP contribution in [0.1, 0.15) is 60.4 Å². The van der Waals surface area contributed by atoms with E-state index >= 15 is 0 Å². The maximum atomic E-state index is 10.7. The number of ether oxygens (including phenoxy) is 2. The van der Waals surface area contributed by atoms with Gasteiger partial charge in [-0.15, -0.1) is 0 Å². The first kappa shape index (κ1) is 22.7. The van der Waals surface area contributed by atoms with E-state index < -0.39 is 24.6 Å². The van der Waals surface area contributed by atoms with Crippen LogP contribution in [0.4, 0.5) is 0 Å². The van der Waals surface area contributed by atoms with Crippen LogP contribution in [0, 0.1) is 5.92 Å². The molecule has 31 heavy (non-hydrogen) atoms. The van der Waals surface area contributed by atoms with Gasteiger partial charge in [-0.05, 0) is 52.1 Å². The van der Waals surface area contributed by atoms with Gasteiger partial charge in [0.2, 0.25) is 0 Å². The quantitative estimate of drug-likeness (QED) is 0.666. The molecule has 1 saturated heterocycles. The Balaban J connectivity index is 1.67. The Morgan fingerprint density at radius 2 is 1.81 bits per heavy atom. The Hall–Kier alpha value is -1.47. The zero-order chi connectivity index (χ0) is 22.3. The maximum Gasteiger partial charge on any atom is 0.165 e. The average molecular weight is 447 g/mol. The molecule has 0 spiro atoms. The molecule has 6 atom stereocenters. The molecule has 0 aromatic heterocycles. The van der Waals surface area contributed by atoms with E-state index in [1.165, 1.54) is 11.1 Å². The zero-order valence-electron chi connectivity index (χ0n) is 18.2. The van der Waals surface area contributed by atoms with E-state index in [9.17, 15) is 15.3 Å². The summed E-state index contributed by atoms with van der Waals surface area (Å²) in [7, 11) is 0. The van der Waals surface area contributed by atoms with Crippen molar-refractivity contribution >= 4 is 11.6 Å². The lowest BCUT2D eigenvalue weighted by atomic mass is 9.78. The lowest BCUT2D eigenvalue weighted by molar-refractivity contribution is -0.213. The Labute approximate surface area is 188 Å². The summed E-state index contributed by atoms with van der Waals surface area (Å²) in [6.07, 6.45) is -3.05. The molecule has 168 valence electrons. The third-order valence-electron chi connectivity index (χ3n) is 6.73. The monoisotopic (exact) mass is 446 g/mol. The second kappa shape index (κ2) is 9.18. The van der Waals surface area contributed by atoms with Crippen molar-refractivity contribution in [1.82, 2.24) is 0 Å². The van der Waals surface area contributed by atoms with Crippen LogP contribution in [-0.2, 0) is 22.5 Å². The Morgan fingerprint density at radius 1 is 1.10 bits per heavy atom. The van der Waals surface area contributed by atoms with Gasteiger partial charge in [-0.1, -0.05) is 62.7 Å². The molecular weight excluding hydrogens is 416 g/mol. The van der Waals surface area contributed by atoms with Gasteiger partial charge >= 0.3 is 0 Å². The number of halogens is 1. The molecule has 5 nitrogen and oxygen atoms in total. The van der Waals surface area contributed by atoms with Crippen LogP contribution in [0.5, 0.6) is 0 Å². The molecule has 2 aliphatic heterocycles. The number of hydrogen-bond acceptors (Lipinski definition) is 5. The summed E-state index contributed by atoms with van der Waals surface area (Å²) in [6, 6.07) is 12.6. The van der Waals surface area contributed by atoms with E-state index in [-0.39, 0.29) is 18.4 Å². The van der Waals surface area contributed by atoms with Crippen LogP contribution in [0.2, 0.25) is 5.02 Å². The summed E-state index contributed by atoms with van der Waals surface area (Å²) in [5.74, 6) is -0.112. The number of aliphatic hydroxyl groups excluding tert-OH is 3. The third-order valence-corrected chi connectivity index (χ3v) is 7.08. The van der Waals surface area contributed by atoms with Gasteiger partial charge in [0.05, 0.1) is 19.3 Å². The molecule has 2 heterocycles. The van der Waals surface area contributed by atoms with E-state index in [0.29, 0.717) is 24.0 Å². The van der Waals surface area contributed by atoms with Crippen molar-refractivity contribution in [2.75, 3.05) is 6.61 Å². The van der Waals surface area contributed by atoms with Gasteiger partial charge in [0, 0.05) is 10.9 Å². The highest BCUT2D eigenvalue weighted by Gasteiger charge is 2.46. The Bertz CT molecular complexity index is 913. The highest BCUT2D eigenvalue weighted by Crippen LogP contribution is 2.44. The fraction of sp³-hybridized carbons (Fsp3) is 0.520. The predicted octanol–water partition coefficient (Wildman–Crippen LogP) is 3.74. The summed E-state index contributed by atoms with van der Waals surface area (Å²) in [4.78, 5) is 0. The minimum Gasteiger partial charge on any atom is -0.394 e. The van der Waals surface area contributed by atoms with Crippen LogP contribution < -0.4 is 0 Å². The van der Waals surface area contributed by atoms with E-state index in [4.69, 9.17) is 21.1 Å². The minimum absolute atomic E-state index is 0.274. The topological polar surface area (TPSA) is 79.2 Å². The molecule has 3 unspecified atom stereocenters. The normalized spacial score (nSPS) is 30.6. The van der Waals surface area contributed by atoms with E-state index in [0.717, 1.165) is 16.7 Å². The molecule has 2 aromatic rings. The summed E-state index contributed by atoms with van der Waals surface area (Å²) in [5, 5.41) is 31.4. The zero-order valence-corrected chi connectivity index (χ0v) is 18.9. The smallest absolute Gasteiger partial charge is 0.165 e. The van der Waals surface area contributed by atoms with Crippen molar-refractivity contribution in [2.45, 2.75) is 70.2 Å². The minimum atomic E-state index is -1.18. The summed E-state index contributed by atoms with van der Waals surface area (Å²) >= 11 is 6.62. The van der Waals surface area contributed by atoms with E-state index in [2.05, 4.69) is 44.2 Å². The van der Waals surface area contributed by atoms with Crippen molar-refractivity contribution in [3.05, 3.63) is 69.2 Å². The van der Waals surface area contributed by atoms with Crippen LogP contribution in [0.15, 0.2) is 36.4 Å². The molecule has 0 saturated carbocycles. The van der Waals surface area contributed by atoms with Crippen LogP contribution in [-0.4, -0.2) is 46.5 Å². The van der Waals surface area contributed by atoms with Gasteiger partial charge in [0.15, 0.2) is 6.29 Å². The summed E-state index contributed by atoms with van der Waals surface area (Å²) in [5.41, 5.74) is 5.46. The van der Waals surface area contributed by atoms with Crippen molar-refractivity contribution in [3.63, 3.8) is 0 Å². The van der Waals surface area contributed by atoms with Gasteiger partial charge in [0.1, 0.15) is 12.2 Å². The number of benzene rings is 2. The molecule has 1 fully saturated rings. The molecule has 0 bridgehead atoms. The molecule has 6 heteroatoms. The predicted molar refractivity (Wildman–Crippen MR) is 119 cm³/mol. The van der Waals surface area contributed by atoms with E-state index in [1.807, 2.05) is 13.0 Å². The second-order valence-electron chi connectivity index (χ2n) is 9.12. The lowest BCUT2D eigenvalue weighted by Crippen LogP contribution is -2.42. The molecule has 0 radical (unpaired) electrons. The number of rotatable bonds is 4. The fourth-order valence-electron chi connectivity index (χ4n) is 4.71. The van der Waals surface area contributed by atoms with Gasteiger partial charge in [0.25, 0.3) is 0 Å². The average Bonchev–Trinajstić information content (AvgIpc) is 2.85. The van der Waals surface area contributed by atoms with Crippen molar-refractivity contribution < 1.29 is 24.8 Å². The first-order valence-corrected chi connectivity index (χ1v) is 11.3. The molecule has 0 amide bonds. The summed E-state index contributed by atoms with van der Waals surface area (Å²) in [6.45, 7) is 6.18. The third kappa shape index (κ3) is 4.40. The molecule has 2 aliphatic rings. The number of aliphatic hydroxyl groups is 3. The number of fused-ring (bicyclic) bond motifs is 3. The van der Waals surface area contributed by atoms with Crippen molar-refractivity contribution in [1.29, 1.82) is 0 Å². The van der Waals surface area contributed by atoms with Crippen LogP contribution in [0.25, 0.3) is 0 Å². The van der Waals surface area contributed by atoms with Crippen molar-refractivity contribution in [3.8, 4) is 0 Å². The Kier molecular flexibility index (Phi) is 6.73. The van der Waals surface area contributed by atoms with Crippen LogP contribution >= 0.6 is 11.6 Å². The number of hydrogen-bond donors (Lipinski definition) is 3.